The summed E-state index contributed by atoms with van der Waals surface area (Å²) in [5.74, 6) is 0.681. The highest BCUT2D eigenvalue weighted by atomic mass is 19.1. The zero-order valence-electron chi connectivity index (χ0n) is 16.0. The van der Waals surface area contributed by atoms with Crippen LogP contribution in [0.1, 0.15) is 43.9 Å². The molecule has 0 bridgehead atoms. The first kappa shape index (κ1) is 19.4. The molecule has 1 aliphatic rings. The SMILES string of the molecule is CCOC(O)c1cc(-c2ccc(NCC3(c4ncccc4F)CCC3)nn2)on1. The molecule has 4 rings (SSSR count). The molecular formula is C20H22FN5O3. The maximum absolute atomic E-state index is 14.2. The largest absolute Gasteiger partial charge is 0.368 e. The summed E-state index contributed by atoms with van der Waals surface area (Å²) in [5, 5.41) is 25.1. The van der Waals surface area contributed by atoms with Crippen molar-refractivity contribution in [3.05, 3.63) is 53.7 Å². The molecule has 0 spiro atoms. The molecule has 3 aromatic heterocycles. The minimum absolute atomic E-state index is 0.272. The summed E-state index contributed by atoms with van der Waals surface area (Å²) < 4.78 is 24.5. The molecule has 3 heterocycles. The summed E-state index contributed by atoms with van der Waals surface area (Å²) in [6.45, 7) is 2.66. The van der Waals surface area contributed by atoms with Crippen LogP contribution < -0.4 is 5.32 Å². The standard InChI is InChI=1S/C20H22FN5O3/c1-2-28-19(27)15-11-16(29-26-15)14-6-7-17(25-24-14)23-12-20(8-4-9-20)18-13(21)5-3-10-22-18/h3,5-7,10-11,19,27H,2,4,8-9,12H2,1H3,(H,23,25). The Morgan fingerprint density at radius 2 is 2.17 bits per heavy atom. The summed E-state index contributed by atoms with van der Waals surface area (Å²) in [4.78, 5) is 4.27. The second kappa shape index (κ2) is 8.22. The van der Waals surface area contributed by atoms with Crippen molar-refractivity contribution in [2.45, 2.75) is 37.9 Å². The number of pyridine rings is 1. The lowest BCUT2D eigenvalue weighted by Crippen LogP contribution is -2.42. The second-order valence-electron chi connectivity index (χ2n) is 7.05. The van der Waals surface area contributed by atoms with Gasteiger partial charge in [-0.15, -0.1) is 10.2 Å². The van der Waals surface area contributed by atoms with Gasteiger partial charge >= 0.3 is 0 Å². The van der Waals surface area contributed by atoms with Gasteiger partial charge in [0.15, 0.2) is 5.76 Å². The Bertz CT molecular complexity index is 959. The van der Waals surface area contributed by atoms with Gasteiger partial charge in [-0.05, 0) is 44.0 Å². The van der Waals surface area contributed by atoms with Gasteiger partial charge < -0.3 is 19.7 Å². The van der Waals surface area contributed by atoms with Crippen molar-refractivity contribution in [2.75, 3.05) is 18.5 Å². The predicted molar refractivity (Wildman–Crippen MR) is 102 cm³/mol. The molecule has 0 saturated heterocycles. The zero-order valence-corrected chi connectivity index (χ0v) is 16.0. The van der Waals surface area contributed by atoms with Crippen molar-refractivity contribution in [2.24, 2.45) is 0 Å². The van der Waals surface area contributed by atoms with Crippen LogP contribution in [0.25, 0.3) is 11.5 Å². The van der Waals surface area contributed by atoms with Crippen molar-refractivity contribution in [1.82, 2.24) is 20.3 Å². The van der Waals surface area contributed by atoms with Crippen LogP contribution in [-0.4, -0.2) is 38.6 Å². The molecule has 1 atom stereocenters. The summed E-state index contributed by atoms with van der Waals surface area (Å²) in [7, 11) is 0. The van der Waals surface area contributed by atoms with Crippen molar-refractivity contribution in [3.8, 4) is 11.5 Å². The third kappa shape index (κ3) is 3.96. The number of anilines is 1. The first-order valence-corrected chi connectivity index (χ1v) is 9.56. The van der Waals surface area contributed by atoms with Crippen LogP contribution in [0.15, 0.2) is 41.1 Å². The Balaban J connectivity index is 1.43. The lowest BCUT2D eigenvalue weighted by molar-refractivity contribution is -0.102. The topological polar surface area (TPSA) is 106 Å². The number of aromatic nitrogens is 4. The van der Waals surface area contributed by atoms with Crippen LogP contribution in [0.2, 0.25) is 0 Å². The van der Waals surface area contributed by atoms with E-state index in [9.17, 15) is 9.50 Å². The number of aliphatic hydroxyl groups is 1. The van der Waals surface area contributed by atoms with Gasteiger partial charge in [0.2, 0.25) is 6.29 Å². The van der Waals surface area contributed by atoms with Crippen LogP contribution in [0.4, 0.5) is 10.2 Å². The third-order valence-electron chi connectivity index (χ3n) is 5.20. The Kier molecular flexibility index (Phi) is 5.50. The zero-order chi connectivity index (χ0) is 20.3. The van der Waals surface area contributed by atoms with E-state index < -0.39 is 6.29 Å². The third-order valence-corrected chi connectivity index (χ3v) is 5.20. The first-order valence-electron chi connectivity index (χ1n) is 9.56. The quantitative estimate of drug-likeness (QED) is 0.556. The van der Waals surface area contributed by atoms with Gasteiger partial charge in [-0.2, -0.15) is 0 Å². The smallest absolute Gasteiger partial charge is 0.202 e. The molecule has 1 unspecified atom stereocenters. The highest BCUT2D eigenvalue weighted by molar-refractivity contribution is 5.53. The lowest BCUT2D eigenvalue weighted by Gasteiger charge is -2.41. The van der Waals surface area contributed by atoms with Crippen molar-refractivity contribution < 1.29 is 18.8 Å². The molecule has 1 aliphatic carbocycles. The number of nitrogens with one attached hydrogen (secondary N) is 1. The van der Waals surface area contributed by atoms with E-state index in [1.807, 2.05) is 0 Å². The Morgan fingerprint density at radius 1 is 1.31 bits per heavy atom. The number of hydrogen-bond acceptors (Lipinski definition) is 8. The highest BCUT2D eigenvalue weighted by Crippen LogP contribution is 2.43. The van der Waals surface area contributed by atoms with E-state index >= 15 is 0 Å². The molecule has 0 aliphatic heterocycles. The van der Waals surface area contributed by atoms with E-state index in [1.54, 1.807) is 37.4 Å². The molecule has 152 valence electrons. The Hall–Kier alpha value is -2.91. The number of rotatable bonds is 8. The number of ether oxygens (including phenoxy) is 1. The fourth-order valence-electron chi connectivity index (χ4n) is 3.46. The average molecular weight is 399 g/mol. The molecule has 3 aromatic rings. The van der Waals surface area contributed by atoms with Crippen LogP contribution in [0.3, 0.4) is 0 Å². The van der Waals surface area contributed by atoms with Crippen LogP contribution in [-0.2, 0) is 10.2 Å². The summed E-state index contributed by atoms with van der Waals surface area (Å²) in [5.41, 5.74) is 0.939. The fourth-order valence-corrected chi connectivity index (χ4v) is 3.46. The lowest BCUT2D eigenvalue weighted by atomic mass is 9.66. The minimum atomic E-state index is -1.14. The molecule has 1 fully saturated rings. The minimum Gasteiger partial charge on any atom is -0.368 e. The Morgan fingerprint density at radius 3 is 2.83 bits per heavy atom. The number of hydrogen-bond donors (Lipinski definition) is 2. The summed E-state index contributed by atoms with van der Waals surface area (Å²) in [6.07, 6.45) is 3.28. The van der Waals surface area contributed by atoms with Gasteiger partial charge in [-0.25, -0.2) is 4.39 Å². The van der Waals surface area contributed by atoms with Gasteiger partial charge in [-0.1, -0.05) is 11.6 Å². The van der Waals surface area contributed by atoms with Gasteiger partial charge in [-0.3, -0.25) is 4.98 Å². The Labute approximate surface area is 167 Å². The molecule has 0 amide bonds. The summed E-state index contributed by atoms with van der Waals surface area (Å²) >= 11 is 0. The number of halogens is 1. The molecule has 8 nitrogen and oxygen atoms in total. The van der Waals surface area contributed by atoms with Crippen LogP contribution in [0, 0.1) is 5.82 Å². The molecule has 2 N–H and O–H groups in total. The highest BCUT2D eigenvalue weighted by Gasteiger charge is 2.41. The second-order valence-corrected chi connectivity index (χ2v) is 7.05. The number of aliphatic hydroxyl groups excluding tert-OH is 1. The van der Waals surface area contributed by atoms with E-state index in [0.717, 1.165) is 19.3 Å². The van der Waals surface area contributed by atoms with Crippen molar-refractivity contribution in [3.63, 3.8) is 0 Å². The number of nitrogens with zero attached hydrogens (tertiary/aromatic N) is 4. The van der Waals surface area contributed by atoms with Crippen LogP contribution in [0.5, 0.6) is 0 Å². The van der Waals surface area contributed by atoms with Crippen molar-refractivity contribution >= 4 is 5.82 Å². The van der Waals surface area contributed by atoms with E-state index in [0.29, 0.717) is 36.1 Å². The van der Waals surface area contributed by atoms with E-state index in [4.69, 9.17) is 9.26 Å². The fraction of sp³-hybridized carbons (Fsp3) is 0.400. The van der Waals surface area contributed by atoms with E-state index in [2.05, 4.69) is 25.7 Å². The van der Waals surface area contributed by atoms with Crippen LogP contribution >= 0.6 is 0 Å². The average Bonchev–Trinajstić information content (AvgIpc) is 3.19. The van der Waals surface area contributed by atoms with Crippen molar-refractivity contribution in [1.29, 1.82) is 0 Å². The van der Waals surface area contributed by atoms with E-state index in [-0.39, 0.29) is 16.9 Å². The van der Waals surface area contributed by atoms with Gasteiger partial charge in [0.05, 0.1) is 5.69 Å². The first-order chi connectivity index (χ1) is 14.1. The van der Waals surface area contributed by atoms with Gasteiger partial charge in [0, 0.05) is 30.8 Å². The van der Waals surface area contributed by atoms with E-state index in [1.165, 1.54) is 6.07 Å². The molecular weight excluding hydrogens is 377 g/mol. The maximum atomic E-state index is 14.2. The molecule has 9 heteroatoms. The normalized spacial score (nSPS) is 16.2. The molecule has 0 aromatic carbocycles. The van der Waals surface area contributed by atoms with Gasteiger partial charge in [0.25, 0.3) is 0 Å². The molecule has 29 heavy (non-hydrogen) atoms. The van der Waals surface area contributed by atoms with Gasteiger partial charge in [0.1, 0.15) is 23.0 Å². The predicted octanol–water partition coefficient (Wildman–Crippen LogP) is 3.23. The monoisotopic (exact) mass is 399 g/mol. The maximum Gasteiger partial charge on any atom is 0.202 e. The summed E-state index contributed by atoms with van der Waals surface area (Å²) in [6, 6.07) is 8.12. The molecule has 0 radical (unpaired) electrons. The molecule has 1 saturated carbocycles.